The van der Waals surface area contributed by atoms with Crippen molar-refractivity contribution in [3.8, 4) is 0 Å². The highest BCUT2D eigenvalue weighted by molar-refractivity contribution is 5.80. The molecule has 0 saturated heterocycles. The first-order valence-electron chi connectivity index (χ1n) is 4.82. The molecule has 0 aromatic heterocycles. The van der Waals surface area contributed by atoms with Crippen molar-refractivity contribution >= 4 is 18.8 Å². The van der Waals surface area contributed by atoms with Gasteiger partial charge in [-0.2, -0.15) is 0 Å². The molecule has 1 aliphatic heterocycles. The molecule has 0 bridgehead atoms. The summed E-state index contributed by atoms with van der Waals surface area (Å²) in [5, 5.41) is 0. The largest absolute Gasteiger partial charge is 0.497 e. The Morgan fingerprint density at radius 1 is 0.812 bits per heavy atom. The summed E-state index contributed by atoms with van der Waals surface area (Å²) in [6, 6.07) is 0. The number of hydrogen-bond acceptors (Lipinski definition) is 4. The lowest BCUT2D eigenvalue weighted by Gasteiger charge is -1.90. The topological polar surface area (TPSA) is 46.3 Å². The Balaban J connectivity index is 2.57. The van der Waals surface area contributed by atoms with E-state index in [1.54, 1.807) is 43.2 Å². The molecule has 0 unspecified atom stereocenters. The molecule has 0 amide bonds. The van der Waals surface area contributed by atoms with Gasteiger partial charge in [0, 0.05) is 24.8 Å². The van der Waals surface area contributed by atoms with Crippen molar-refractivity contribution in [1.29, 1.82) is 0 Å². The van der Waals surface area contributed by atoms with E-state index < -0.39 is 0 Å². The Kier molecular flexibility index (Phi) is 6.91. The lowest BCUT2D eigenvalue weighted by molar-refractivity contribution is 0.290. The van der Waals surface area contributed by atoms with Crippen LogP contribution >= 0.6 is 0 Å². The molecule has 0 aliphatic carbocycles. The van der Waals surface area contributed by atoms with Crippen LogP contribution in [-0.4, -0.2) is 25.4 Å². The number of allylic oxidation sites excluding steroid dienone is 4. The first-order chi connectivity index (χ1) is 8.00. The summed E-state index contributed by atoms with van der Waals surface area (Å²) >= 11 is 0. The zero-order valence-corrected chi connectivity index (χ0v) is 8.81. The molecule has 82 valence electrons. The van der Waals surface area contributed by atoms with Gasteiger partial charge in [-0.1, -0.05) is 6.08 Å². The summed E-state index contributed by atoms with van der Waals surface area (Å²) < 4.78 is 5.15. The Bertz CT molecular complexity index is 338. The second kappa shape index (κ2) is 9.33. The Labute approximate surface area is 94.8 Å². The summed E-state index contributed by atoms with van der Waals surface area (Å²) in [4.78, 5) is 11.8. The lowest BCUT2D eigenvalue weighted by atomic mass is 10.5. The van der Waals surface area contributed by atoms with E-state index in [0.29, 0.717) is 6.61 Å². The predicted octanol–water partition coefficient (Wildman–Crippen LogP) is 2.28. The van der Waals surface area contributed by atoms with Crippen LogP contribution < -0.4 is 0 Å². The zero-order valence-electron chi connectivity index (χ0n) is 8.81. The monoisotopic (exact) mass is 215 g/mol. The molecule has 0 radical (unpaired) electrons. The van der Waals surface area contributed by atoms with Gasteiger partial charge in [-0.15, -0.1) is 0 Å². The molecule has 0 N–H and O–H groups in total. The molecule has 0 aromatic carbocycles. The van der Waals surface area contributed by atoms with Crippen LogP contribution in [0.1, 0.15) is 0 Å². The minimum Gasteiger partial charge on any atom is -0.497 e. The molecule has 0 atom stereocenters. The van der Waals surface area contributed by atoms with Gasteiger partial charge < -0.3 is 4.74 Å². The van der Waals surface area contributed by atoms with Crippen LogP contribution in [0.15, 0.2) is 64.0 Å². The zero-order chi connectivity index (χ0) is 11.3. The number of rotatable bonds is 0. The van der Waals surface area contributed by atoms with E-state index in [9.17, 15) is 0 Å². The van der Waals surface area contributed by atoms with Crippen LogP contribution in [0.4, 0.5) is 0 Å². The fourth-order valence-corrected chi connectivity index (χ4v) is 0.788. The van der Waals surface area contributed by atoms with Gasteiger partial charge in [0.05, 0.1) is 6.26 Å². The van der Waals surface area contributed by atoms with Crippen molar-refractivity contribution in [1.82, 2.24) is 0 Å². The third kappa shape index (κ3) is 7.20. The third-order valence-corrected chi connectivity index (χ3v) is 1.44. The maximum atomic E-state index is 5.15. The highest BCUT2D eigenvalue weighted by Gasteiger charge is 1.72. The van der Waals surface area contributed by atoms with E-state index in [0.717, 1.165) is 0 Å². The van der Waals surface area contributed by atoms with Crippen molar-refractivity contribution in [3.05, 3.63) is 49.0 Å². The summed E-state index contributed by atoms with van der Waals surface area (Å²) in [6.07, 6.45) is 18.5. The van der Waals surface area contributed by atoms with E-state index in [1.165, 1.54) is 6.34 Å². The Morgan fingerprint density at radius 3 is 2.69 bits per heavy atom. The number of hydrogen-bond donors (Lipinski definition) is 0. The van der Waals surface area contributed by atoms with Crippen molar-refractivity contribution in [3.63, 3.8) is 0 Å². The molecule has 0 aromatic rings. The first kappa shape index (κ1) is 11.8. The van der Waals surface area contributed by atoms with Crippen LogP contribution in [-0.2, 0) is 4.74 Å². The molecule has 1 rings (SSSR count). The van der Waals surface area contributed by atoms with E-state index in [4.69, 9.17) is 4.74 Å². The summed E-state index contributed by atoms with van der Waals surface area (Å²) in [5.74, 6) is 0. The highest BCUT2D eigenvalue weighted by atomic mass is 16.5. The van der Waals surface area contributed by atoms with Crippen LogP contribution in [0, 0.1) is 0 Å². The van der Waals surface area contributed by atoms with Gasteiger partial charge >= 0.3 is 0 Å². The second-order valence-electron chi connectivity index (χ2n) is 2.63. The molecular weight excluding hydrogens is 202 g/mol. The molecule has 16 heavy (non-hydrogen) atoms. The van der Waals surface area contributed by atoms with Crippen molar-refractivity contribution in [2.45, 2.75) is 0 Å². The summed E-state index contributed by atoms with van der Waals surface area (Å²) in [6.45, 7) is 0.520. The maximum Gasteiger partial charge on any atom is 0.115 e. The van der Waals surface area contributed by atoms with E-state index in [1.807, 2.05) is 18.2 Å². The molecule has 4 heteroatoms. The average molecular weight is 215 g/mol. The fourth-order valence-electron chi connectivity index (χ4n) is 0.788. The lowest BCUT2D eigenvalue weighted by Crippen LogP contribution is -1.79. The van der Waals surface area contributed by atoms with E-state index in [2.05, 4.69) is 15.0 Å². The third-order valence-electron chi connectivity index (χ3n) is 1.44. The SMILES string of the molecule is C1=C\N=C\N=C/C=C/N=C/C=C\OC/C=C/1. The van der Waals surface area contributed by atoms with Crippen LogP contribution in [0.5, 0.6) is 0 Å². The average Bonchev–Trinajstić information content (AvgIpc) is 2.29. The number of ether oxygens (including phenoxy) is 1. The van der Waals surface area contributed by atoms with Gasteiger partial charge in [0.15, 0.2) is 0 Å². The molecular formula is C12H13N3O. The van der Waals surface area contributed by atoms with Crippen LogP contribution in [0.3, 0.4) is 0 Å². The molecule has 4 nitrogen and oxygen atoms in total. The minimum absolute atomic E-state index is 0.520. The van der Waals surface area contributed by atoms with Crippen LogP contribution in [0.25, 0.3) is 0 Å². The maximum absolute atomic E-state index is 5.15. The van der Waals surface area contributed by atoms with E-state index in [-0.39, 0.29) is 0 Å². The van der Waals surface area contributed by atoms with Crippen molar-refractivity contribution in [2.75, 3.05) is 6.61 Å². The molecule has 0 saturated carbocycles. The van der Waals surface area contributed by atoms with Gasteiger partial charge in [-0.05, 0) is 24.3 Å². The molecule has 0 fully saturated rings. The smallest absolute Gasteiger partial charge is 0.115 e. The first-order valence-corrected chi connectivity index (χ1v) is 4.82. The predicted molar refractivity (Wildman–Crippen MR) is 68.0 cm³/mol. The number of aliphatic imine (C=N–C) groups is 3. The quantitative estimate of drug-likeness (QED) is 0.611. The van der Waals surface area contributed by atoms with Crippen molar-refractivity contribution in [2.24, 2.45) is 15.0 Å². The van der Waals surface area contributed by atoms with Gasteiger partial charge in [-0.3, -0.25) is 4.99 Å². The van der Waals surface area contributed by atoms with Gasteiger partial charge in [-0.25, -0.2) is 9.98 Å². The fraction of sp³-hybridized carbons (Fsp3) is 0.0833. The van der Waals surface area contributed by atoms with E-state index >= 15 is 0 Å². The normalized spacial score (nSPS) is 30.5. The van der Waals surface area contributed by atoms with Crippen LogP contribution in [0.2, 0.25) is 0 Å². The molecule has 1 heterocycles. The van der Waals surface area contributed by atoms with Gasteiger partial charge in [0.25, 0.3) is 0 Å². The standard InChI is InChI=1S/C12H13N3O/c1-2-6-14-12-15-8-4-7-13-9-5-11-16-10-3-1/h1-9,11-12H,10H2/b3-1+,6-2-,7-4+,11-5-,13-9+,14-12+,15-8-. The summed E-state index contributed by atoms with van der Waals surface area (Å²) in [7, 11) is 0. The van der Waals surface area contributed by atoms with Crippen molar-refractivity contribution < 1.29 is 4.74 Å². The van der Waals surface area contributed by atoms with Gasteiger partial charge in [0.1, 0.15) is 12.9 Å². The highest BCUT2D eigenvalue weighted by Crippen LogP contribution is 1.83. The minimum atomic E-state index is 0.520. The Hall–Kier alpha value is -2.23. The molecule has 0 spiro atoms. The Morgan fingerprint density at radius 2 is 1.69 bits per heavy atom. The second-order valence-corrected chi connectivity index (χ2v) is 2.63. The number of nitrogens with zero attached hydrogens (tertiary/aromatic N) is 3. The van der Waals surface area contributed by atoms with Gasteiger partial charge in [0.2, 0.25) is 0 Å². The molecule has 1 aliphatic rings. The summed E-state index contributed by atoms with van der Waals surface area (Å²) in [5.41, 5.74) is 0.